The van der Waals surface area contributed by atoms with Crippen LogP contribution in [0.3, 0.4) is 0 Å². The number of amides is 1. The van der Waals surface area contributed by atoms with Crippen LogP contribution < -0.4 is 4.90 Å². The normalized spacial score (nSPS) is 13.5. The van der Waals surface area contributed by atoms with Gasteiger partial charge in [-0.05, 0) is 37.1 Å². The van der Waals surface area contributed by atoms with Gasteiger partial charge in [0.2, 0.25) is 0 Å². The zero-order chi connectivity index (χ0) is 13.1. The monoisotopic (exact) mass is 249 g/mol. The number of hydrogen-bond donors (Lipinski definition) is 1. The summed E-state index contributed by atoms with van der Waals surface area (Å²) in [6.45, 7) is 3.00. The Bertz CT molecular complexity index is 484. The van der Waals surface area contributed by atoms with Crippen molar-refractivity contribution in [3.05, 3.63) is 29.3 Å². The number of nitrogens with zero attached hydrogens (tertiary/aromatic N) is 1. The molecule has 2 rings (SSSR count). The molecule has 0 spiro atoms. The summed E-state index contributed by atoms with van der Waals surface area (Å²) in [5.41, 5.74) is 1.96. The van der Waals surface area contributed by atoms with E-state index in [0.717, 1.165) is 11.3 Å². The fourth-order valence-electron chi connectivity index (χ4n) is 2.06. The molecular formula is C13H15NO4. The fourth-order valence-corrected chi connectivity index (χ4v) is 2.06. The van der Waals surface area contributed by atoms with Crippen LogP contribution in [0.2, 0.25) is 0 Å². The van der Waals surface area contributed by atoms with Crippen LogP contribution in [0.5, 0.6) is 0 Å². The third kappa shape index (κ3) is 2.36. The molecule has 5 heteroatoms. The molecule has 0 saturated heterocycles. The number of benzene rings is 1. The van der Waals surface area contributed by atoms with Gasteiger partial charge >= 0.3 is 5.97 Å². The van der Waals surface area contributed by atoms with Gasteiger partial charge in [0.1, 0.15) is 6.61 Å². The first-order valence-corrected chi connectivity index (χ1v) is 5.87. The van der Waals surface area contributed by atoms with Crippen molar-refractivity contribution in [2.75, 3.05) is 24.7 Å². The zero-order valence-electron chi connectivity index (χ0n) is 10.2. The molecule has 0 aromatic heterocycles. The number of fused-ring (bicyclic) bond motifs is 1. The van der Waals surface area contributed by atoms with Gasteiger partial charge in [0.05, 0.1) is 5.56 Å². The quantitative estimate of drug-likeness (QED) is 0.873. The maximum absolute atomic E-state index is 11.9. The average molecular weight is 249 g/mol. The van der Waals surface area contributed by atoms with E-state index in [1.807, 2.05) is 6.92 Å². The van der Waals surface area contributed by atoms with Gasteiger partial charge in [-0.1, -0.05) is 0 Å². The Balaban J connectivity index is 2.18. The van der Waals surface area contributed by atoms with E-state index in [0.29, 0.717) is 19.6 Å². The number of carboxylic acid groups (broad SMARTS) is 1. The minimum atomic E-state index is -0.947. The van der Waals surface area contributed by atoms with Gasteiger partial charge in [-0.2, -0.15) is 0 Å². The van der Waals surface area contributed by atoms with Crippen LogP contribution >= 0.6 is 0 Å². The highest BCUT2D eigenvalue weighted by molar-refractivity contribution is 5.97. The number of hydrogen-bond acceptors (Lipinski definition) is 3. The van der Waals surface area contributed by atoms with Crippen LogP contribution in [0.4, 0.5) is 5.69 Å². The highest BCUT2D eigenvalue weighted by Gasteiger charge is 2.25. The maximum Gasteiger partial charge on any atom is 0.335 e. The van der Waals surface area contributed by atoms with Crippen molar-refractivity contribution in [1.82, 2.24) is 0 Å². The smallest absolute Gasteiger partial charge is 0.335 e. The predicted octanol–water partition coefficient (Wildman–Crippen LogP) is 1.31. The number of carbonyl (C=O) groups excluding carboxylic acids is 1. The molecule has 96 valence electrons. The molecule has 0 unspecified atom stereocenters. The van der Waals surface area contributed by atoms with Gasteiger partial charge in [0.25, 0.3) is 5.91 Å². The molecule has 0 bridgehead atoms. The summed E-state index contributed by atoms with van der Waals surface area (Å²) in [5.74, 6) is -1.03. The van der Waals surface area contributed by atoms with Crippen LogP contribution in [0.15, 0.2) is 18.2 Å². The number of rotatable bonds is 4. The Hall–Kier alpha value is -1.88. The Morgan fingerprint density at radius 1 is 1.44 bits per heavy atom. The van der Waals surface area contributed by atoms with E-state index in [2.05, 4.69) is 0 Å². The molecule has 0 fully saturated rings. The third-order valence-corrected chi connectivity index (χ3v) is 2.95. The first-order valence-electron chi connectivity index (χ1n) is 5.87. The lowest BCUT2D eigenvalue weighted by atomic mass is 10.1. The molecule has 0 aliphatic carbocycles. The number of aromatic carboxylic acids is 1. The molecule has 1 aromatic carbocycles. The summed E-state index contributed by atoms with van der Waals surface area (Å²) in [6.07, 6.45) is 0.689. The van der Waals surface area contributed by atoms with E-state index < -0.39 is 5.97 Å². The van der Waals surface area contributed by atoms with E-state index in [1.54, 1.807) is 17.0 Å². The molecule has 1 heterocycles. The molecule has 1 aliphatic rings. The lowest BCUT2D eigenvalue weighted by Crippen LogP contribution is -2.32. The lowest BCUT2D eigenvalue weighted by molar-refractivity contribution is -0.122. The maximum atomic E-state index is 11.9. The summed E-state index contributed by atoms with van der Waals surface area (Å²) in [6, 6.07) is 4.84. The highest BCUT2D eigenvalue weighted by Crippen LogP contribution is 2.28. The second kappa shape index (κ2) is 5.18. The SMILES string of the molecule is CCOCC(=O)N1CCc2cc(C(=O)O)ccc21. The zero-order valence-corrected chi connectivity index (χ0v) is 10.2. The van der Waals surface area contributed by atoms with Crippen molar-refractivity contribution in [3.63, 3.8) is 0 Å². The van der Waals surface area contributed by atoms with Gasteiger partial charge in [-0.3, -0.25) is 4.79 Å². The van der Waals surface area contributed by atoms with Crippen molar-refractivity contribution in [2.24, 2.45) is 0 Å². The largest absolute Gasteiger partial charge is 0.478 e. The molecule has 0 atom stereocenters. The molecule has 1 aliphatic heterocycles. The lowest BCUT2D eigenvalue weighted by Gasteiger charge is -2.17. The second-order valence-electron chi connectivity index (χ2n) is 4.08. The first kappa shape index (κ1) is 12.6. The Morgan fingerprint density at radius 3 is 2.89 bits per heavy atom. The third-order valence-electron chi connectivity index (χ3n) is 2.95. The van der Waals surface area contributed by atoms with Crippen molar-refractivity contribution in [2.45, 2.75) is 13.3 Å². The molecular weight excluding hydrogens is 234 g/mol. The van der Waals surface area contributed by atoms with E-state index in [-0.39, 0.29) is 18.1 Å². The number of ether oxygens (including phenoxy) is 1. The second-order valence-corrected chi connectivity index (χ2v) is 4.08. The molecule has 18 heavy (non-hydrogen) atoms. The average Bonchev–Trinajstić information content (AvgIpc) is 2.78. The van der Waals surface area contributed by atoms with Crippen molar-refractivity contribution < 1.29 is 19.4 Å². The Kier molecular flexibility index (Phi) is 3.62. The number of carboxylic acids is 1. The summed E-state index contributed by atoms with van der Waals surface area (Å²) in [7, 11) is 0. The van der Waals surface area contributed by atoms with Gasteiger partial charge in [0, 0.05) is 18.8 Å². The Morgan fingerprint density at radius 2 is 2.22 bits per heavy atom. The first-order chi connectivity index (χ1) is 8.63. The topological polar surface area (TPSA) is 66.8 Å². The fraction of sp³-hybridized carbons (Fsp3) is 0.385. The van der Waals surface area contributed by atoms with E-state index in [9.17, 15) is 9.59 Å². The van der Waals surface area contributed by atoms with Crippen molar-refractivity contribution in [1.29, 1.82) is 0 Å². The van der Waals surface area contributed by atoms with Crippen LogP contribution in [0, 0.1) is 0 Å². The van der Waals surface area contributed by atoms with E-state index >= 15 is 0 Å². The van der Waals surface area contributed by atoms with Gasteiger partial charge in [-0.25, -0.2) is 4.79 Å². The molecule has 1 N–H and O–H groups in total. The van der Waals surface area contributed by atoms with Crippen LogP contribution in [-0.2, 0) is 16.0 Å². The summed E-state index contributed by atoms with van der Waals surface area (Å²) >= 11 is 0. The molecule has 1 aromatic rings. The molecule has 1 amide bonds. The number of anilines is 1. The van der Waals surface area contributed by atoms with Crippen LogP contribution in [-0.4, -0.2) is 36.7 Å². The summed E-state index contributed by atoms with van der Waals surface area (Å²) in [4.78, 5) is 24.4. The minimum absolute atomic E-state index is 0.0661. The van der Waals surface area contributed by atoms with E-state index in [1.165, 1.54) is 6.07 Å². The summed E-state index contributed by atoms with van der Waals surface area (Å²) in [5, 5.41) is 8.91. The summed E-state index contributed by atoms with van der Waals surface area (Å²) < 4.78 is 5.10. The van der Waals surface area contributed by atoms with Crippen LogP contribution in [0.1, 0.15) is 22.8 Å². The molecule has 5 nitrogen and oxygen atoms in total. The minimum Gasteiger partial charge on any atom is -0.478 e. The Labute approximate surface area is 105 Å². The van der Waals surface area contributed by atoms with Crippen molar-refractivity contribution in [3.8, 4) is 0 Å². The number of carbonyl (C=O) groups is 2. The molecule has 0 radical (unpaired) electrons. The van der Waals surface area contributed by atoms with E-state index in [4.69, 9.17) is 9.84 Å². The molecule has 0 saturated carbocycles. The highest BCUT2D eigenvalue weighted by atomic mass is 16.5. The standard InChI is InChI=1S/C13H15NO4/c1-2-18-8-12(15)14-6-5-9-7-10(13(16)17)3-4-11(9)14/h3-4,7H,2,5-6,8H2,1H3,(H,16,17). The van der Waals surface area contributed by atoms with Gasteiger partial charge in [0.15, 0.2) is 0 Å². The van der Waals surface area contributed by atoms with Crippen molar-refractivity contribution >= 4 is 17.6 Å². The predicted molar refractivity (Wildman–Crippen MR) is 66.0 cm³/mol. The van der Waals surface area contributed by atoms with Gasteiger partial charge in [-0.15, -0.1) is 0 Å². The van der Waals surface area contributed by atoms with Gasteiger partial charge < -0.3 is 14.7 Å². The van der Waals surface area contributed by atoms with Crippen LogP contribution in [0.25, 0.3) is 0 Å².